The predicted octanol–water partition coefficient (Wildman–Crippen LogP) is 3.51. The van der Waals surface area contributed by atoms with Crippen LogP contribution in [0.3, 0.4) is 0 Å². The molecule has 1 aromatic carbocycles. The molecular formula is C15H20F2O2. The Morgan fingerprint density at radius 2 is 1.95 bits per heavy atom. The Morgan fingerprint density at radius 3 is 2.58 bits per heavy atom. The number of allylic oxidation sites excluding steroid dienone is 1. The third-order valence-corrected chi connectivity index (χ3v) is 2.78. The molecule has 106 valence electrons. The van der Waals surface area contributed by atoms with E-state index in [0.29, 0.717) is 19.3 Å². The molecule has 1 rings (SSSR count). The third kappa shape index (κ3) is 5.94. The molecule has 0 amide bonds. The zero-order valence-electron chi connectivity index (χ0n) is 10.9. The fourth-order valence-corrected chi connectivity index (χ4v) is 1.64. The largest absolute Gasteiger partial charge is 0.393 e. The Balaban J connectivity index is 2.27. The molecule has 1 N–H and O–H groups in total. The van der Waals surface area contributed by atoms with Crippen LogP contribution in [0.1, 0.15) is 24.8 Å². The van der Waals surface area contributed by atoms with Gasteiger partial charge in [-0.1, -0.05) is 36.4 Å². The van der Waals surface area contributed by atoms with Crippen molar-refractivity contribution in [3.8, 4) is 0 Å². The van der Waals surface area contributed by atoms with Crippen LogP contribution in [-0.2, 0) is 10.7 Å². The Labute approximate surface area is 112 Å². The fourth-order valence-electron chi connectivity index (χ4n) is 1.64. The van der Waals surface area contributed by atoms with Gasteiger partial charge in [0.2, 0.25) is 0 Å². The summed E-state index contributed by atoms with van der Waals surface area (Å²) in [5.74, 6) is -2.99. The Hall–Kier alpha value is -1.26. The lowest BCUT2D eigenvalue weighted by Gasteiger charge is -2.17. The van der Waals surface area contributed by atoms with E-state index in [2.05, 4.69) is 6.58 Å². The van der Waals surface area contributed by atoms with Gasteiger partial charge in [0.15, 0.2) is 0 Å². The van der Waals surface area contributed by atoms with E-state index in [9.17, 15) is 13.9 Å². The number of hydrogen-bond donors (Lipinski definition) is 1. The SMILES string of the molecule is C=CCCC(O)CCOCC(F)(F)c1ccccc1. The first kappa shape index (κ1) is 15.8. The highest BCUT2D eigenvalue weighted by atomic mass is 19.3. The minimum absolute atomic E-state index is 0.0535. The van der Waals surface area contributed by atoms with Crippen LogP contribution < -0.4 is 0 Å². The van der Waals surface area contributed by atoms with Crippen molar-refractivity contribution in [1.82, 2.24) is 0 Å². The van der Waals surface area contributed by atoms with Crippen LogP contribution in [0.5, 0.6) is 0 Å². The molecule has 0 bridgehead atoms. The van der Waals surface area contributed by atoms with Crippen molar-refractivity contribution in [2.75, 3.05) is 13.2 Å². The summed E-state index contributed by atoms with van der Waals surface area (Å²) in [6.07, 6.45) is 2.85. The molecule has 0 saturated carbocycles. The molecule has 0 heterocycles. The van der Waals surface area contributed by atoms with E-state index in [1.165, 1.54) is 12.1 Å². The molecular weight excluding hydrogens is 250 g/mol. The maximum Gasteiger partial charge on any atom is 0.296 e. The van der Waals surface area contributed by atoms with Crippen LogP contribution >= 0.6 is 0 Å². The standard InChI is InChI=1S/C15H20F2O2/c1-2-3-9-14(18)10-11-19-12-15(16,17)13-7-5-4-6-8-13/h2,4-8,14,18H,1,3,9-12H2. The maximum atomic E-state index is 13.7. The van der Waals surface area contributed by atoms with E-state index < -0.39 is 18.6 Å². The van der Waals surface area contributed by atoms with Crippen LogP contribution in [-0.4, -0.2) is 24.4 Å². The molecule has 0 saturated heterocycles. The summed E-state index contributed by atoms with van der Waals surface area (Å²) in [6.45, 7) is 3.02. The molecule has 1 unspecified atom stereocenters. The predicted molar refractivity (Wildman–Crippen MR) is 71.2 cm³/mol. The van der Waals surface area contributed by atoms with Gasteiger partial charge in [-0.2, -0.15) is 8.78 Å². The zero-order valence-corrected chi connectivity index (χ0v) is 10.9. The van der Waals surface area contributed by atoms with Crippen molar-refractivity contribution in [3.63, 3.8) is 0 Å². The Morgan fingerprint density at radius 1 is 1.26 bits per heavy atom. The number of hydrogen-bond acceptors (Lipinski definition) is 2. The van der Waals surface area contributed by atoms with Crippen molar-refractivity contribution in [2.45, 2.75) is 31.3 Å². The van der Waals surface area contributed by atoms with Crippen molar-refractivity contribution in [1.29, 1.82) is 0 Å². The fraction of sp³-hybridized carbons (Fsp3) is 0.467. The first-order valence-electron chi connectivity index (χ1n) is 6.36. The third-order valence-electron chi connectivity index (χ3n) is 2.78. The van der Waals surface area contributed by atoms with Crippen LogP contribution in [0, 0.1) is 0 Å². The van der Waals surface area contributed by atoms with Crippen LogP contribution in [0.15, 0.2) is 43.0 Å². The van der Waals surface area contributed by atoms with Crippen LogP contribution in [0.2, 0.25) is 0 Å². The Kier molecular flexibility index (Phi) is 6.67. The van der Waals surface area contributed by atoms with E-state index in [-0.39, 0.29) is 12.2 Å². The summed E-state index contributed by atoms with van der Waals surface area (Å²) in [5.41, 5.74) is -0.0535. The lowest BCUT2D eigenvalue weighted by Crippen LogP contribution is -2.22. The second-order valence-corrected chi connectivity index (χ2v) is 4.43. The van der Waals surface area contributed by atoms with Gasteiger partial charge in [-0.25, -0.2) is 0 Å². The topological polar surface area (TPSA) is 29.5 Å². The molecule has 0 radical (unpaired) electrons. The molecule has 2 nitrogen and oxygen atoms in total. The second kappa shape index (κ2) is 8.02. The van der Waals surface area contributed by atoms with Gasteiger partial charge in [0.1, 0.15) is 6.61 Å². The lowest BCUT2D eigenvalue weighted by atomic mass is 10.1. The molecule has 4 heteroatoms. The van der Waals surface area contributed by atoms with Gasteiger partial charge in [-0.3, -0.25) is 0 Å². The number of aliphatic hydroxyl groups is 1. The minimum Gasteiger partial charge on any atom is -0.393 e. The molecule has 19 heavy (non-hydrogen) atoms. The van der Waals surface area contributed by atoms with Gasteiger partial charge >= 0.3 is 0 Å². The smallest absolute Gasteiger partial charge is 0.296 e. The van der Waals surface area contributed by atoms with Crippen molar-refractivity contribution in [3.05, 3.63) is 48.6 Å². The van der Waals surface area contributed by atoms with Gasteiger partial charge in [-0.05, 0) is 19.3 Å². The maximum absolute atomic E-state index is 13.7. The van der Waals surface area contributed by atoms with Crippen molar-refractivity contribution < 1.29 is 18.6 Å². The summed E-state index contributed by atoms with van der Waals surface area (Å²) in [4.78, 5) is 0. The number of aliphatic hydroxyl groups excluding tert-OH is 1. The van der Waals surface area contributed by atoms with Crippen molar-refractivity contribution in [2.24, 2.45) is 0 Å². The summed E-state index contributed by atoms with van der Waals surface area (Å²) < 4.78 is 32.3. The summed E-state index contributed by atoms with van der Waals surface area (Å²) >= 11 is 0. The first-order valence-corrected chi connectivity index (χ1v) is 6.36. The van der Waals surface area contributed by atoms with Crippen LogP contribution in [0.4, 0.5) is 8.78 Å². The van der Waals surface area contributed by atoms with E-state index in [4.69, 9.17) is 4.74 Å². The summed E-state index contributed by atoms with van der Waals surface area (Å²) in [5, 5.41) is 9.51. The molecule has 0 aliphatic rings. The molecule has 0 spiro atoms. The molecule has 0 aromatic heterocycles. The molecule has 1 aromatic rings. The molecule has 0 aliphatic heterocycles. The van der Waals surface area contributed by atoms with Gasteiger partial charge in [0.05, 0.1) is 6.10 Å². The van der Waals surface area contributed by atoms with Gasteiger partial charge < -0.3 is 9.84 Å². The first-order chi connectivity index (χ1) is 9.06. The second-order valence-electron chi connectivity index (χ2n) is 4.43. The quantitative estimate of drug-likeness (QED) is 0.549. The number of alkyl halides is 2. The Bertz CT molecular complexity index is 366. The van der Waals surface area contributed by atoms with E-state index in [0.717, 1.165) is 0 Å². The molecule has 1 atom stereocenters. The highest BCUT2D eigenvalue weighted by Gasteiger charge is 2.31. The van der Waals surface area contributed by atoms with Gasteiger partial charge in [-0.15, -0.1) is 6.58 Å². The average molecular weight is 270 g/mol. The van der Waals surface area contributed by atoms with Crippen LogP contribution in [0.25, 0.3) is 0 Å². The van der Waals surface area contributed by atoms with E-state index in [1.807, 2.05) is 0 Å². The molecule has 0 fully saturated rings. The summed E-state index contributed by atoms with van der Waals surface area (Å²) in [7, 11) is 0. The zero-order chi connectivity index (χ0) is 14.1. The minimum atomic E-state index is -2.99. The molecule has 0 aliphatic carbocycles. The van der Waals surface area contributed by atoms with Gasteiger partial charge in [0.25, 0.3) is 5.92 Å². The van der Waals surface area contributed by atoms with Crippen molar-refractivity contribution >= 4 is 0 Å². The highest BCUT2D eigenvalue weighted by molar-refractivity contribution is 5.19. The number of rotatable bonds is 9. The lowest BCUT2D eigenvalue weighted by molar-refractivity contribution is -0.0864. The number of ether oxygens (including phenoxy) is 1. The average Bonchev–Trinajstić information content (AvgIpc) is 2.42. The monoisotopic (exact) mass is 270 g/mol. The number of halogens is 2. The number of benzene rings is 1. The van der Waals surface area contributed by atoms with E-state index >= 15 is 0 Å². The van der Waals surface area contributed by atoms with E-state index in [1.54, 1.807) is 24.3 Å². The highest BCUT2D eigenvalue weighted by Crippen LogP contribution is 2.27. The summed E-state index contributed by atoms with van der Waals surface area (Å²) in [6, 6.07) is 7.59. The normalized spacial score (nSPS) is 13.2. The van der Waals surface area contributed by atoms with Gasteiger partial charge in [0, 0.05) is 12.2 Å².